The molecule has 6 rings (SSSR count). The largest absolute Gasteiger partial charge is 0.298 e. The topological polar surface area (TPSA) is 40.6 Å². The van der Waals surface area contributed by atoms with E-state index in [2.05, 4.69) is 4.90 Å². The molecule has 4 aliphatic heterocycles. The highest BCUT2D eigenvalue weighted by Gasteiger charge is 2.56. The molecule has 0 amide bonds. The maximum atomic E-state index is 13.4. The summed E-state index contributed by atoms with van der Waals surface area (Å²) in [6, 6.07) is 10.3. The molecule has 3 atom stereocenters. The van der Waals surface area contributed by atoms with E-state index in [4.69, 9.17) is 0 Å². The monoisotopic (exact) mass is 392 g/mol. The van der Waals surface area contributed by atoms with Crippen LogP contribution in [0.5, 0.6) is 0 Å². The van der Waals surface area contributed by atoms with E-state index in [0.29, 0.717) is 16.7 Å². The lowest BCUT2D eigenvalue weighted by molar-refractivity contribution is 0.0123. The summed E-state index contributed by atoms with van der Waals surface area (Å²) in [5, 5.41) is 1.81. The van der Waals surface area contributed by atoms with Crippen LogP contribution in [0.3, 0.4) is 0 Å². The third-order valence-electron chi connectivity index (χ3n) is 6.31. The SMILES string of the molecule is O=S(=O)(c1cccs1)N1C[C@@H](c2ccc(F)cc2)[C@@H]2[C@H]1C1CCN2CC1. The van der Waals surface area contributed by atoms with Gasteiger partial charge in [0.1, 0.15) is 10.0 Å². The lowest BCUT2D eigenvalue weighted by Gasteiger charge is -2.50. The van der Waals surface area contributed by atoms with E-state index in [1.807, 2.05) is 17.5 Å². The molecule has 4 nitrogen and oxygen atoms in total. The molecular formula is C19H21FN2O2S2. The smallest absolute Gasteiger partial charge is 0.252 e. The fourth-order valence-electron chi connectivity index (χ4n) is 5.17. The van der Waals surface area contributed by atoms with Crippen molar-refractivity contribution in [3.63, 3.8) is 0 Å². The minimum Gasteiger partial charge on any atom is -0.298 e. The maximum absolute atomic E-state index is 13.4. The number of hydrogen-bond acceptors (Lipinski definition) is 4. The van der Waals surface area contributed by atoms with Gasteiger partial charge in [0.05, 0.1) is 0 Å². The average Bonchev–Trinajstić information content (AvgIpc) is 3.33. The normalized spacial score (nSPS) is 34.1. The molecule has 2 bridgehead atoms. The molecule has 0 N–H and O–H groups in total. The predicted octanol–water partition coefficient (Wildman–Crippen LogP) is 3.14. The van der Waals surface area contributed by atoms with Crippen LogP contribution in [-0.4, -0.2) is 49.3 Å². The van der Waals surface area contributed by atoms with E-state index in [0.717, 1.165) is 31.5 Å². The van der Waals surface area contributed by atoms with E-state index in [9.17, 15) is 12.8 Å². The molecule has 0 unspecified atom stereocenters. The zero-order valence-corrected chi connectivity index (χ0v) is 15.9. The van der Waals surface area contributed by atoms with Gasteiger partial charge in [-0.25, -0.2) is 12.8 Å². The Kier molecular flexibility index (Phi) is 3.97. The van der Waals surface area contributed by atoms with Gasteiger partial charge < -0.3 is 0 Å². The molecule has 0 spiro atoms. The first-order valence-electron chi connectivity index (χ1n) is 9.10. The minimum absolute atomic E-state index is 0.0275. The Bertz CT molecular complexity index is 890. The number of benzene rings is 1. The van der Waals surface area contributed by atoms with Gasteiger partial charge >= 0.3 is 0 Å². The van der Waals surface area contributed by atoms with Crippen molar-refractivity contribution in [2.45, 2.75) is 35.1 Å². The van der Waals surface area contributed by atoms with E-state index < -0.39 is 10.0 Å². The summed E-state index contributed by atoms with van der Waals surface area (Å²) in [7, 11) is -3.49. The number of halogens is 1. The van der Waals surface area contributed by atoms with Gasteiger partial charge in [-0.15, -0.1) is 11.3 Å². The Hall–Kier alpha value is -1.28. The van der Waals surface area contributed by atoms with Crippen LogP contribution in [0.25, 0.3) is 0 Å². The average molecular weight is 393 g/mol. The quantitative estimate of drug-likeness (QED) is 0.806. The summed E-state index contributed by atoms with van der Waals surface area (Å²) >= 11 is 1.28. The highest BCUT2D eigenvalue weighted by Crippen LogP contribution is 2.48. The summed E-state index contributed by atoms with van der Waals surface area (Å²) in [6.07, 6.45) is 2.13. The molecule has 5 heterocycles. The number of fused-ring (bicyclic) bond motifs is 2. The Labute approximate surface area is 157 Å². The molecule has 7 heteroatoms. The van der Waals surface area contributed by atoms with Gasteiger partial charge in [0.15, 0.2) is 0 Å². The van der Waals surface area contributed by atoms with Crippen LogP contribution < -0.4 is 0 Å². The van der Waals surface area contributed by atoms with Crippen molar-refractivity contribution in [1.29, 1.82) is 0 Å². The van der Waals surface area contributed by atoms with Crippen molar-refractivity contribution in [1.82, 2.24) is 9.21 Å². The van der Waals surface area contributed by atoms with Crippen LogP contribution in [0.4, 0.5) is 4.39 Å². The highest BCUT2D eigenvalue weighted by atomic mass is 32.2. The molecule has 138 valence electrons. The van der Waals surface area contributed by atoms with Crippen LogP contribution in [0.1, 0.15) is 24.3 Å². The standard InChI is InChI=1S/C19H21FN2O2S2/c20-15-5-3-13(4-6-15)16-12-22(26(23,24)17-2-1-11-25-17)18-14-7-9-21(10-8-14)19(16)18/h1-6,11,14,16,18-19H,7-10,12H2/t16-,18+,19+/m0/s1. The van der Waals surface area contributed by atoms with Crippen molar-refractivity contribution in [3.05, 3.63) is 53.2 Å². The molecule has 4 fully saturated rings. The Morgan fingerprint density at radius 3 is 2.42 bits per heavy atom. The zero-order valence-electron chi connectivity index (χ0n) is 14.3. The third-order valence-corrected chi connectivity index (χ3v) is 9.54. The van der Waals surface area contributed by atoms with Crippen LogP contribution >= 0.6 is 11.3 Å². The number of sulfonamides is 1. The summed E-state index contributed by atoms with van der Waals surface area (Å²) in [4.78, 5) is 2.46. The van der Waals surface area contributed by atoms with E-state index in [1.54, 1.807) is 16.4 Å². The summed E-state index contributed by atoms with van der Waals surface area (Å²) in [5.74, 6) is 0.264. The summed E-state index contributed by atoms with van der Waals surface area (Å²) in [5.41, 5.74) is 1.04. The molecule has 4 aliphatic rings. The number of nitrogens with zero attached hydrogens (tertiary/aromatic N) is 2. The van der Waals surface area contributed by atoms with Crippen molar-refractivity contribution in [2.75, 3.05) is 19.6 Å². The first-order chi connectivity index (χ1) is 12.6. The predicted molar refractivity (Wildman–Crippen MR) is 99.2 cm³/mol. The molecule has 0 aliphatic carbocycles. The van der Waals surface area contributed by atoms with E-state index in [1.165, 1.54) is 23.5 Å². The van der Waals surface area contributed by atoms with Crippen molar-refractivity contribution in [2.24, 2.45) is 5.92 Å². The fraction of sp³-hybridized carbons (Fsp3) is 0.474. The van der Waals surface area contributed by atoms with Crippen molar-refractivity contribution < 1.29 is 12.8 Å². The van der Waals surface area contributed by atoms with Gasteiger partial charge in [-0.3, -0.25) is 4.90 Å². The van der Waals surface area contributed by atoms with Crippen LogP contribution in [0, 0.1) is 11.7 Å². The van der Waals surface area contributed by atoms with Crippen molar-refractivity contribution in [3.8, 4) is 0 Å². The van der Waals surface area contributed by atoms with E-state index >= 15 is 0 Å². The van der Waals surface area contributed by atoms with Gasteiger partial charge in [-0.1, -0.05) is 18.2 Å². The maximum Gasteiger partial charge on any atom is 0.252 e. The molecule has 0 saturated carbocycles. The van der Waals surface area contributed by atoms with Gasteiger partial charge in [-0.05, 0) is 61.0 Å². The molecule has 4 saturated heterocycles. The number of piperidine rings is 3. The van der Waals surface area contributed by atoms with Crippen LogP contribution in [0.2, 0.25) is 0 Å². The van der Waals surface area contributed by atoms with Gasteiger partial charge in [-0.2, -0.15) is 4.31 Å². The second-order valence-electron chi connectivity index (χ2n) is 7.52. The number of rotatable bonds is 3. The van der Waals surface area contributed by atoms with E-state index in [-0.39, 0.29) is 23.8 Å². The molecule has 1 aromatic carbocycles. The Balaban J connectivity index is 1.58. The van der Waals surface area contributed by atoms with Gasteiger partial charge in [0, 0.05) is 24.5 Å². The molecular weight excluding hydrogens is 371 g/mol. The number of thiophene rings is 1. The molecule has 1 aromatic heterocycles. The summed E-state index contributed by atoms with van der Waals surface area (Å²) in [6.45, 7) is 2.56. The van der Waals surface area contributed by atoms with Gasteiger partial charge in [0.2, 0.25) is 0 Å². The van der Waals surface area contributed by atoms with Crippen molar-refractivity contribution >= 4 is 21.4 Å². The van der Waals surface area contributed by atoms with Crippen LogP contribution in [-0.2, 0) is 10.0 Å². The lowest BCUT2D eigenvalue weighted by Crippen LogP contribution is -2.60. The molecule has 0 radical (unpaired) electrons. The first kappa shape index (κ1) is 16.9. The lowest BCUT2D eigenvalue weighted by atomic mass is 9.75. The second kappa shape index (κ2) is 6.12. The highest BCUT2D eigenvalue weighted by molar-refractivity contribution is 7.91. The van der Waals surface area contributed by atoms with Gasteiger partial charge in [0.25, 0.3) is 10.0 Å². The summed E-state index contributed by atoms with van der Waals surface area (Å²) < 4.78 is 42.2. The second-order valence-corrected chi connectivity index (χ2v) is 10.6. The first-order valence-corrected chi connectivity index (χ1v) is 11.4. The number of hydrogen-bond donors (Lipinski definition) is 0. The fourth-order valence-corrected chi connectivity index (χ4v) is 8.02. The zero-order chi connectivity index (χ0) is 17.9. The molecule has 2 aromatic rings. The third kappa shape index (κ3) is 2.48. The van der Waals surface area contributed by atoms with Crippen LogP contribution in [0.15, 0.2) is 46.0 Å². The Morgan fingerprint density at radius 2 is 1.77 bits per heavy atom. The Morgan fingerprint density at radius 1 is 1.04 bits per heavy atom. The molecule has 26 heavy (non-hydrogen) atoms. The minimum atomic E-state index is -3.49.